The topological polar surface area (TPSA) is 40.5 Å². The van der Waals surface area contributed by atoms with Crippen molar-refractivity contribution in [2.24, 2.45) is 0 Å². The van der Waals surface area contributed by atoms with E-state index in [9.17, 15) is 0 Å². The molecule has 0 fully saturated rings. The summed E-state index contributed by atoms with van der Waals surface area (Å²) in [6, 6.07) is 9.39. The van der Waals surface area contributed by atoms with Gasteiger partial charge in [-0.1, -0.05) is 24.3 Å². The van der Waals surface area contributed by atoms with Gasteiger partial charge in [0, 0.05) is 4.88 Å². The number of rotatable bonds is 2. The van der Waals surface area contributed by atoms with Crippen molar-refractivity contribution in [1.82, 2.24) is 0 Å². The molecule has 0 spiro atoms. The van der Waals surface area contributed by atoms with E-state index in [1.165, 1.54) is 10.4 Å². The normalized spacial score (nSPS) is 10.3. The fourth-order valence-corrected chi connectivity index (χ4v) is 2.31. The summed E-state index contributed by atoms with van der Waals surface area (Å²) in [6.45, 7) is 2.06. The average molecular weight is 218 g/mol. The van der Waals surface area contributed by atoms with Crippen molar-refractivity contribution in [3.8, 4) is 10.4 Å². The molecule has 2 rings (SSSR count). The molecule has 2 nitrogen and oxygen atoms in total. The smallest absolute Gasteiger partial charge is 0.423 e. The summed E-state index contributed by atoms with van der Waals surface area (Å²) in [4.78, 5) is 1.20. The van der Waals surface area contributed by atoms with E-state index in [1.807, 2.05) is 12.1 Å². The third kappa shape index (κ3) is 2.29. The molecule has 76 valence electrons. The first-order valence-electron chi connectivity index (χ1n) is 4.68. The fourth-order valence-electron chi connectivity index (χ4n) is 1.40. The monoisotopic (exact) mass is 218 g/mol. The Morgan fingerprint density at radius 3 is 2.27 bits per heavy atom. The quantitative estimate of drug-likeness (QED) is 0.748. The number of aryl methyl sites for hydroxylation is 1. The highest BCUT2D eigenvalue weighted by atomic mass is 32.1. The lowest BCUT2D eigenvalue weighted by Gasteiger charge is -2.00. The van der Waals surface area contributed by atoms with Crippen LogP contribution in [0, 0.1) is 6.92 Å². The standard InChI is InChI=1S/C11H11BO2S/c1-8-6-11(15-7-8)9-2-4-10(5-3-9)12(13)14/h2-7,13-14H,1H3. The van der Waals surface area contributed by atoms with Crippen molar-refractivity contribution < 1.29 is 10.0 Å². The van der Waals surface area contributed by atoms with Crippen LogP contribution in [0.15, 0.2) is 35.7 Å². The van der Waals surface area contributed by atoms with Crippen molar-refractivity contribution in [2.75, 3.05) is 0 Å². The minimum atomic E-state index is -1.39. The van der Waals surface area contributed by atoms with Gasteiger partial charge >= 0.3 is 7.12 Å². The van der Waals surface area contributed by atoms with Crippen molar-refractivity contribution in [2.45, 2.75) is 6.92 Å². The van der Waals surface area contributed by atoms with E-state index < -0.39 is 7.12 Å². The van der Waals surface area contributed by atoms with Crippen LogP contribution in [0.2, 0.25) is 0 Å². The van der Waals surface area contributed by atoms with Crippen molar-refractivity contribution in [3.63, 3.8) is 0 Å². The van der Waals surface area contributed by atoms with Gasteiger partial charge in [0.2, 0.25) is 0 Å². The Balaban J connectivity index is 2.31. The Labute approximate surface area is 93.0 Å². The van der Waals surface area contributed by atoms with Crippen molar-refractivity contribution in [3.05, 3.63) is 41.3 Å². The summed E-state index contributed by atoms with van der Waals surface area (Å²) in [6.07, 6.45) is 0. The van der Waals surface area contributed by atoms with Gasteiger partial charge in [0.25, 0.3) is 0 Å². The zero-order chi connectivity index (χ0) is 10.8. The Kier molecular flexibility index (Phi) is 2.91. The molecule has 0 aliphatic heterocycles. The van der Waals surface area contributed by atoms with Crippen LogP contribution in [-0.2, 0) is 0 Å². The minimum absolute atomic E-state index is 0.520. The van der Waals surface area contributed by atoms with Crippen molar-refractivity contribution in [1.29, 1.82) is 0 Å². The zero-order valence-corrected chi connectivity index (χ0v) is 9.16. The first kappa shape index (κ1) is 10.4. The summed E-state index contributed by atoms with van der Waals surface area (Å²) in [5.41, 5.74) is 2.88. The molecular formula is C11H11BO2S. The van der Waals surface area contributed by atoms with E-state index in [1.54, 1.807) is 23.5 Å². The van der Waals surface area contributed by atoms with E-state index in [0.717, 1.165) is 5.56 Å². The second-order valence-electron chi connectivity index (χ2n) is 3.48. The molecule has 1 aromatic heterocycles. The first-order valence-corrected chi connectivity index (χ1v) is 5.56. The van der Waals surface area contributed by atoms with E-state index in [4.69, 9.17) is 10.0 Å². The Morgan fingerprint density at radius 2 is 1.80 bits per heavy atom. The summed E-state index contributed by atoms with van der Waals surface area (Å²) in [5, 5.41) is 20.0. The van der Waals surface area contributed by atoms with E-state index in [2.05, 4.69) is 18.4 Å². The van der Waals surface area contributed by atoms with E-state index in [-0.39, 0.29) is 0 Å². The summed E-state index contributed by atoms with van der Waals surface area (Å²) in [5.74, 6) is 0. The molecule has 0 amide bonds. The molecule has 0 aliphatic rings. The van der Waals surface area contributed by atoms with Crippen LogP contribution in [0.4, 0.5) is 0 Å². The van der Waals surface area contributed by atoms with E-state index >= 15 is 0 Å². The molecule has 1 aromatic carbocycles. The SMILES string of the molecule is Cc1csc(-c2ccc(B(O)O)cc2)c1. The molecule has 0 aliphatic carbocycles. The second-order valence-corrected chi connectivity index (χ2v) is 4.40. The van der Waals surface area contributed by atoms with Gasteiger partial charge in [0.15, 0.2) is 0 Å². The lowest BCUT2D eigenvalue weighted by atomic mass is 9.80. The second kappa shape index (κ2) is 4.19. The largest absolute Gasteiger partial charge is 0.488 e. The predicted molar refractivity (Wildman–Crippen MR) is 64.3 cm³/mol. The van der Waals surface area contributed by atoms with E-state index in [0.29, 0.717) is 5.46 Å². The third-order valence-electron chi connectivity index (χ3n) is 2.22. The first-order chi connectivity index (χ1) is 7.16. The maximum absolute atomic E-state index is 8.95. The van der Waals surface area contributed by atoms with Crippen LogP contribution in [0.25, 0.3) is 10.4 Å². The van der Waals surface area contributed by atoms with Gasteiger partial charge in [0.05, 0.1) is 0 Å². The highest BCUT2D eigenvalue weighted by Crippen LogP contribution is 2.25. The predicted octanol–water partition coefficient (Wildman–Crippen LogP) is 1.40. The molecule has 0 saturated carbocycles. The molecule has 0 unspecified atom stereocenters. The summed E-state index contributed by atoms with van der Waals surface area (Å²) < 4.78 is 0. The molecule has 2 aromatic rings. The Hall–Kier alpha value is -1.10. The van der Waals surface area contributed by atoms with Crippen LogP contribution < -0.4 is 5.46 Å². The fraction of sp³-hybridized carbons (Fsp3) is 0.0909. The maximum atomic E-state index is 8.95. The molecule has 1 heterocycles. The lowest BCUT2D eigenvalue weighted by molar-refractivity contribution is 0.426. The molecule has 4 heteroatoms. The van der Waals surface area contributed by atoms with Gasteiger partial charge in [-0.2, -0.15) is 0 Å². The lowest BCUT2D eigenvalue weighted by Crippen LogP contribution is -2.29. The molecule has 0 bridgehead atoms. The molecule has 0 atom stereocenters. The van der Waals surface area contributed by atoms with Gasteiger partial charge in [-0.3, -0.25) is 0 Å². The van der Waals surface area contributed by atoms with Gasteiger partial charge in [-0.15, -0.1) is 11.3 Å². The molecule has 15 heavy (non-hydrogen) atoms. The molecule has 0 saturated heterocycles. The van der Waals surface area contributed by atoms with Crippen LogP contribution >= 0.6 is 11.3 Å². The molecule has 0 radical (unpaired) electrons. The van der Waals surface area contributed by atoms with Crippen LogP contribution in [-0.4, -0.2) is 17.2 Å². The van der Waals surface area contributed by atoms with Crippen LogP contribution in [0.3, 0.4) is 0 Å². The number of thiophene rings is 1. The number of hydrogen-bond donors (Lipinski definition) is 2. The summed E-state index contributed by atoms with van der Waals surface area (Å²) >= 11 is 1.69. The van der Waals surface area contributed by atoms with Crippen LogP contribution in [0.5, 0.6) is 0 Å². The van der Waals surface area contributed by atoms with Gasteiger partial charge in [0.1, 0.15) is 0 Å². The van der Waals surface area contributed by atoms with Gasteiger partial charge in [-0.05, 0) is 35.0 Å². The Bertz CT molecular complexity index is 448. The number of benzene rings is 1. The maximum Gasteiger partial charge on any atom is 0.488 e. The highest BCUT2D eigenvalue weighted by molar-refractivity contribution is 7.13. The van der Waals surface area contributed by atoms with Gasteiger partial charge < -0.3 is 10.0 Å². The molecule has 2 N–H and O–H groups in total. The Morgan fingerprint density at radius 1 is 1.13 bits per heavy atom. The molecular weight excluding hydrogens is 207 g/mol. The average Bonchev–Trinajstić information content (AvgIpc) is 2.65. The highest BCUT2D eigenvalue weighted by Gasteiger charge is 2.10. The zero-order valence-electron chi connectivity index (χ0n) is 8.34. The minimum Gasteiger partial charge on any atom is -0.423 e. The van der Waals surface area contributed by atoms with Gasteiger partial charge in [-0.25, -0.2) is 0 Å². The van der Waals surface area contributed by atoms with Crippen LogP contribution in [0.1, 0.15) is 5.56 Å². The van der Waals surface area contributed by atoms with Crippen molar-refractivity contribution >= 4 is 23.9 Å². The number of hydrogen-bond acceptors (Lipinski definition) is 3. The third-order valence-corrected chi connectivity index (χ3v) is 3.32. The summed E-state index contributed by atoms with van der Waals surface area (Å²) in [7, 11) is -1.39.